The molecule has 2 amide bonds. The van der Waals surface area contributed by atoms with Crippen molar-refractivity contribution >= 4 is 23.3 Å². The third-order valence-electron chi connectivity index (χ3n) is 3.65. The lowest BCUT2D eigenvalue weighted by Gasteiger charge is -2.41. The molecule has 1 heterocycles. The summed E-state index contributed by atoms with van der Waals surface area (Å²) in [4.78, 5) is 14.4. The van der Waals surface area contributed by atoms with Crippen LogP contribution in [0.3, 0.4) is 0 Å². The molecule has 0 aliphatic carbocycles. The molecule has 1 aromatic carbocycles. The average Bonchev–Trinajstić information content (AvgIpc) is 2.38. The second kappa shape index (κ2) is 6.46. The predicted molar refractivity (Wildman–Crippen MR) is 83.3 cm³/mol. The van der Waals surface area contributed by atoms with Crippen LogP contribution >= 0.6 is 11.6 Å². The first kappa shape index (κ1) is 15.1. The van der Waals surface area contributed by atoms with E-state index in [1.165, 1.54) is 0 Å². The maximum Gasteiger partial charge on any atom is 0.322 e. The summed E-state index contributed by atoms with van der Waals surface area (Å²) in [5.74, 6) is 0.417. The lowest BCUT2D eigenvalue weighted by atomic mass is 9.99. The Morgan fingerprint density at radius 1 is 1.50 bits per heavy atom. The molecule has 110 valence electrons. The van der Waals surface area contributed by atoms with Crippen LogP contribution in [0.15, 0.2) is 24.3 Å². The highest BCUT2D eigenvalue weighted by atomic mass is 35.5. The molecule has 20 heavy (non-hydrogen) atoms. The Hall–Kier alpha value is -1.26. The van der Waals surface area contributed by atoms with Gasteiger partial charge in [-0.15, -0.1) is 0 Å². The largest absolute Gasteiger partial charge is 0.322 e. The fourth-order valence-electron chi connectivity index (χ4n) is 2.52. The van der Waals surface area contributed by atoms with Crippen LogP contribution in [0.4, 0.5) is 10.5 Å². The zero-order valence-electron chi connectivity index (χ0n) is 12.2. The van der Waals surface area contributed by atoms with Crippen LogP contribution < -0.4 is 10.6 Å². The van der Waals surface area contributed by atoms with Crippen molar-refractivity contribution in [3.63, 3.8) is 0 Å². The van der Waals surface area contributed by atoms with Gasteiger partial charge in [0, 0.05) is 35.9 Å². The number of carbonyl (C=O) groups excluding carboxylic acids is 1. The summed E-state index contributed by atoms with van der Waals surface area (Å²) in [6.45, 7) is 7.93. The minimum absolute atomic E-state index is 0.0562. The molecular formula is C15H22ClN3O. The van der Waals surface area contributed by atoms with Gasteiger partial charge >= 0.3 is 6.03 Å². The second-order valence-electron chi connectivity index (χ2n) is 5.71. The van der Waals surface area contributed by atoms with E-state index in [1.54, 1.807) is 12.1 Å². The van der Waals surface area contributed by atoms with Gasteiger partial charge in [-0.05, 0) is 31.0 Å². The molecule has 1 aliphatic heterocycles. The minimum Gasteiger partial charge on any atom is -0.318 e. The van der Waals surface area contributed by atoms with Gasteiger partial charge in [-0.25, -0.2) is 4.79 Å². The van der Waals surface area contributed by atoms with Crippen molar-refractivity contribution in [1.82, 2.24) is 10.2 Å². The Morgan fingerprint density at radius 3 is 2.90 bits per heavy atom. The zero-order chi connectivity index (χ0) is 14.7. The van der Waals surface area contributed by atoms with Crippen LogP contribution in [0.25, 0.3) is 0 Å². The average molecular weight is 296 g/mol. The number of benzene rings is 1. The van der Waals surface area contributed by atoms with Crippen LogP contribution in [-0.4, -0.2) is 36.1 Å². The molecule has 2 atom stereocenters. The second-order valence-corrected chi connectivity index (χ2v) is 6.15. The predicted octanol–water partition coefficient (Wildman–Crippen LogP) is 3.19. The fourth-order valence-corrected chi connectivity index (χ4v) is 2.71. The molecule has 0 saturated carbocycles. The number of urea groups is 1. The molecule has 1 aromatic rings. The van der Waals surface area contributed by atoms with E-state index in [-0.39, 0.29) is 12.1 Å². The molecule has 1 aliphatic rings. The molecule has 2 N–H and O–H groups in total. The molecule has 1 fully saturated rings. The summed E-state index contributed by atoms with van der Waals surface area (Å²) in [5, 5.41) is 6.98. The molecule has 5 heteroatoms. The van der Waals surface area contributed by atoms with Gasteiger partial charge in [-0.1, -0.05) is 31.5 Å². The van der Waals surface area contributed by atoms with E-state index in [9.17, 15) is 4.79 Å². The maximum absolute atomic E-state index is 12.5. The molecular weight excluding hydrogens is 274 g/mol. The van der Waals surface area contributed by atoms with Gasteiger partial charge in [0.15, 0.2) is 0 Å². The number of piperazine rings is 1. The topological polar surface area (TPSA) is 44.4 Å². The first-order valence-electron chi connectivity index (χ1n) is 7.04. The van der Waals surface area contributed by atoms with Crippen LogP contribution in [0.5, 0.6) is 0 Å². The fraction of sp³-hybridized carbons (Fsp3) is 0.533. The van der Waals surface area contributed by atoms with Crippen molar-refractivity contribution in [2.45, 2.75) is 32.9 Å². The first-order valence-corrected chi connectivity index (χ1v) is 7.41. The number of carbonyl (C=O) groups is 1. The molecule has 2 unspecified atom stereocenters. The van der Waals surface area contributed by atoms with Crippen LogP contribution in [0.2, 0.25) is 5.02 Å². The van der Waals surface area contributed by atoms with E-state index in [4.69, 9.17) is 11.6 Å². The number of amides is 2. The van der Waals surface area contributed by atoms with Crippen LogP contribution in [-0.2, 0) is 0 Å². The maximum atomic E-state index is 12.5. The highest BCUT2D eigenvalue weighted by Gasteiger charge is 2.31. The smallest absolute Gasteiger partial charge is 0.318 e. The minimum atomic E-state index is -0.0562. The first-order chi connectivity index (χ1) is 9.47. The van der Waals surface area contributed by atoms with E-state index < -0.39 is 0 Å². The molecule has 0 radical (unpaired) electrons. The van der Waals surface area contributed by atoms with Gasteiger partial charge in [0.05, 0.1) is 0 Å². The number of rotatable bonds is 2. The van der Waals surface area contributed by atoms with Crippen LogP contribution in [0.1, 0.15) is 20.8 Å². The summed E-state index contributed by atoms with van der Waals surface area (Å²) in [6, 6.07) is 7.70. The van der Waals surface area contributed by atoms with Gasteiger partial charge in [0.1, 0.15) is 0 Å². The van der Waals surface area contributed by atoms with Gasteiger partial charge in [0.25, 0.3) is 0 Å². The standard InChI is InChI=1S/C15H22ClN3O/c1-10(2)14-8-17-11(3)9-19(14)15(20)18-13-6-4-5-12(16)7-13/h4-7,10-11,14,17H,8-9H2,1-3H3,(H,18,20). The van der Waals surface area contributed by atoms with E-state index >= 15 is 0 Å². The highest BCUT2D eigenvalue weighted by Crippen LogP contribution is 2.19. The van der Waals surface area contributed by atoms with Gasteiger partial charge in [-0.2, -0.15) is 0 Å². The molecule has 4 nitrogen and oxygen atoms in total. The number of hydrogen-bond donors (Lipinski definition) is 2. The SMILES string of the molecule is CC1CN(C(=O)Nc2cccc(Cl)c2)C(C(C)C)CN1. The number of hydrogen-bond acceptors (Lipinski definition) is 2. The molecule has 0 bridgehead atoms. The summed E-state index contributed by atoms with van der Waals surface area (Å²) in [5.41, 5.74) is 0.733. The third kappa shape index (κ3) is 3.64. The molecule has 0 spiro atoms. The molecule has 0 aromatic heterocycles. The van der Waals surface area contributed by atoms with E-state index in [0.29, 0.717) is 17.0 Å². The lowest BCUT2D eigenvalue weighted by Crippen LogP contribution is -2.60. The van der Waals surface area contributed by atoms with E-state index in [0.717, 1.165) is 18.8 Å². The highest BCUT2D eigenvalue weighted by molar-refractivity contribution is 6.30. The van der Waals surface area contributed by atoms with Gasteiger partial charge in [0.2, 0.25) is 0 Å². The summed E-state index contributed by atoms with van der Waals surface area (Å²) in [6.07, 6.45) is 0. The monoisotopic (exact) mass is 295 g/mol. The van der Waals surface area contributed by atoms with Gasteiger partial charge < -0.3 is 15.5 Å². The zero-order valence-corrected chi connectivity index (χ0v) is 12.9. The van der Waals surface area contributed by atoms with Crippen LogP contribution in [0, 0.1) is 5.92 Å². The Morgan fingerprint density at radius 2 is 2.25 bits per heavy atom. The Balaban J connectivity index is 2.09. The molecule has 2 rings (SSSR count). The van der Waals surface area contributed by atoms with E-state index in [2.05, 4.69) is 31.4 Å². The Bertz CT molecular complexity index is 478. The lowest BCUT2D eigenvalue weighted by molar-refractivity contribution is 0.130. The summed E-state index contributed by atoms with van der Waals surface area (Å²) in [7, 11) is 0. The van der Waals surface area contributed by atoms with Crippen molar-refractivity contribution in [1.29, 1.82) is 0 Å². The Kier molecular flexibility index (Phi) is 4.89. The number of halogens is 1. The normalized spacial score (nSPS) is 22.9. The van der Waals surface area contributed by atoms with Crippen molar-refractivity contribution in [2.75, 3.05) is 18.4 Å². The molecule has 1 saturated heterocycles. The van der Waals surface area contributed by atoms with Gasteiger partial charge in [-0.3, -0.25) is 0 Å². The third-order valence-corrected chi connectivity index (χ3v) is 3.89. The van der Waals surface area contributed by atoms with Crippen molar-refractivity contribution in [3.8, 4) is 0 Å². The number of nitrogens with one attached hydrogen (secondary N) is 2. The number of anilines is 1. The number of nitrogens with zero attached hydrogens (tertiary/aromatic N) is 1. The van der Waals surface area contributed by atoms with Crippen molar-refractivity contribution < 1.29 is 4.79 Å². The van der Waals surface area contributed by atoms with Crippen molar-refractivity contribution in [2.24, 2.45) is 5.92 Å². The van der Waals surface area contributed by atoms with E-state index in [1.807, 2.05) is 17.0 Å². The van der Waals surface area contributed by atoms with Crippen molar-refractivity contribution in [3.05, 3.63) is 29.3 Å². The quantitative estimate of drug-likeness (QED) is 0.880. The summed E-state index contributed by atoms with van der Waals surface area (Å²) >= 11 is 5.94. The Labute approximate surface area is 125 Å². The summed E-state index contributed by atoms with van der Waals surface area (Å²) < 4.78 is 0.